The van der Waals surface area contributed by atoms with Crippen molar-refractivity contribution in [1.82, 2.24) is 4.98 Å². The second-order valence-electron chi connectivity index (χ2n) is 5.97. The first-order valence-electron chi connectivity index (χ1n) is 7.41. The molecule has 0 radical (unpaired) electrons. The van der Waals surface area contributed by atoms with Crippen molar-refractivity contribution in [3.63, 3.8) is 0 Å². The van der Waals surface area contributed by atoms with Gasteiger partial charge in [0.1, 0.15) is 0 Å². The van der Waals surface area contributed by atoms with Crippen LogP contribution in [0.5, 0.6) is 0 Å². The van der Waals surface area contributed by atoms with Crippen LogP contribution in [-0.4, -0.2) is 16.5 Å². The summed E-state index contributed by atoms with van der Waals surface area (Å²) in [6.07, 6.45) is 0.884. The zero-order valence-corrected chi connectivity index (χ0v) is 12.6. The number of H-pyrrole nitrogens is 1. The number of hydrogen-bond acceptors (Lipinski definition) is 2. The van der Waals surface area contributed by atoms with Crippen LogP contribution in [0.25, 0.3) is 10.9 Å². The highest BCUT2D eigenvalue weighted by Crippen LogP contribution is 2.29. The highest BCUT2D eigenvalue weighted by Gasteiger charge is 2.17. The molecule has 0 atom stereocenters. The van der Waals surface area contributed by atoms with Crippen LogP contribution in [0.3, 0.4) is 0 Å². The van der Waals surface area contributed by atoms with Crippen LogP contribution in [0.2, 0.25) is 0 Å². The topological polar surface area (TPSA) is 45.2 Å². The van der Waals surface area contributed by atoms with Crippen molar-refractivity contribution in [3.05, 3.63) is 64.8 Å². The van der Waals surface area contributed by atoms with Crippen molar-refractivity contribution in [3.8, 4) is 0 Å². The van der Waals surface area contributed by atoms with E-state index in [2.05, 4.69) is 23.0 Å². The van der Waals surface area contributed by atoms with Gasteiger partial charge in [-0.1, -0.05) is 23.8 Å². The second-order valence-corrected chi connectivity index (χ2v) is 5.97. The Morgan fingerprint density at radius 3 is 2.82 bits per heavy atom. The third-order valence-electron chi connectivity index (χ3n) is 4.13. The van der Waals surface area contributed by atoms with Gasteiger partial charge in [-0.15, -0.1) is 0 Å². The van der Waals surface area contributed by atoms with Crippen LogP contribution in [0.4, 0.5) is 5.69 Å². The van der Waals surface area contributed by atoms with Gasteiger partial charge in [0.25, 0.3) is 0 Å². The number of ketones is 1. The minimum absolute atomic E-state index is 0.0106. The number of rotatable bonds is 2. The van der Waals surface area contributed by atoms with Crippen molar-refractivity contribution >= 4 is 28.1 Å². The molecule has 0 saturated heterocycles. The summed E-state index contributed by atoms with van der Waals surface area (Å²) >= 11 is 0. The van der Waals surface area contributed by atoms with Gasteiger partial charge in [-0.3, -0.25) is 9.79 Å². The Hall–Kier alpha value is -2.68. The highest BCUT2D eigenvalue weighted by molar-refractivity contribution is 6.11. The molecule has 0 bridgehead atoms. The number of carbonyl (C=O) groups is 1. The molecule has 4 rings (SSSR count). The number of carbonyl (C=O) groups excluding carboxylic acids is 1. The van der Waals surface area contributed by atoms with E-state index in [-0.39, 0.29) is 5.78 Å². The van der Waals surface area contributed by atoms with E-state index >= 15 is 0 Å². The smallest absolute Gasteiger partial charge is 0.209 e. The summed E-state index contributed by atoms with van der Waals surface area (Å²) in [4.78, 5) is 20.4. The van der Waals surface area contributed by atoms with E-state index in [1.807, 2.05) is 43.3 Å². The largest absolute Gasteiger partial charge is 0.352 e. The standard InChI is InChI=1S/C19H16N2O/c1-11-3-6-16-15(7-11)10-18(21-16)19(22)14-5-4-13-8-12(2)20-17(13)9-14/h3-7,9-10,21H,8H2,1-2H3. The molecule has 3 aromatic rings. The average molecular weight is 288 g/mol. The SMILES string of the molecule is CC1=Nc2cc(C(=O)c3cc4cc(C)ccc4[nH]3)ccc2C1. The minimum atomic E-state index is 0.0106. The van der Waals surface area contributed by atoms with E-state index in [0.717, 1.165) is 28.7 Å². The Labute approximate surface area is 128 Å². The molecule has 0 saturated carbocycles. The summed E-state index contributed by atoms with van der Waals surface area (Å²) in [5, 5.41) is 1.07. The van der Waals surface area contributed by atoms with E-state index in [1.54, 1.807) is 0 Å². The Morgan fingerprint density at radius 2 is 1.95 bits per heavy atom. The van der Waals surface area contributed by atoms with Crippen LogP contribution in [0, 0.1) is 6.92 Å². The summed E-state index contributed by atoms with van der Waals surface area (Å²) in [5.74, 6) is 0.0106. The van der Waals surface area contributed by atoms with E-state index in [9.17, 15) is 4.79 Å². The van der Waals surface area contributed by atoms with Gasteiger partial charge in [0.15, 0.2) is 0 Å². The third kappa shape index (κ3) is 2.06. The van der Waals surface area contributed by atoms with Crippen LogP contribution in [0.1, 0.15) is 34.1 Å². The summed E-state index contributed by atoms with van der Waals surface area (Å²) in [6.45, 7) is 4.07. The molecule has 0 unspecified atom stereocenters. The monoisotopic (exact) mass is 288 g/mol. The predicted molar refractivity (Wildman–Crippen MR) is 89.4 cm³/mol. The van der Waals surface area contributed by atoms with E-state index in [4.69, 9.17) is 0 Å². The van der Waals surface area contributed by atoms with Gasteiger partial charge in [-0.2, -0.15) is 0 Å². The molecule has 3 heteroatoms. The molecule has 1 aromatic heterocycles. The second kappa shape index (κ2) is 4.67. The quantitative estimate of drug-likeness (QED) is 0.700. The average Bonchev–Trinajstić information content (AvgIpc) is 3.07. The highest BCUT2D eigenvalue weighted by atomic mass is 16.1. The molecule has 0 spiro atoms. The van der Waals surface area contributed by atoms with Crippen LogP contribution >= 0.6 is 0 Å². The van der Waals surface area contributed by atoms with Gasteiger partial charge in [-0.05, 0) is 43.7 Å². The maximum atomic E-state index is 12.7. The summed E-state index contributed by atoms with van der Waals surface area (Å²) in [6, 6.07) is 13.9. The Balaban J connectivity index is 1.75. The third-order valence-corrected chi connectivity index (χ3v) is 4.13. The van der Waals surface area contributed by atoms with Crippen LogP contribution in [-0.2, 0) is 6.42 Å². The van der Waals surface area contributed by atoms with Crippen molar-refractivity contribution in [2.75, 3.05) is 0 Å². The van der Waals surface area contributed by atoms with Gasteiger partial charge in [0.05, 0.1) is 11.4 Å². The summed E-state index contributed by atoms with van der Waals surface area (Å²) in [5.41, 5.74) is 6.70. The van der Waals surface area contributed by atoms with Crippen LogP contribution < -0.4 is 0 Å². The molecule has 0 amide bonds. The lowest BCUT2D eigenvalue weighted by Crippen LogP contribution is -2.01. The molecule has 1 aliphatic heterocycles. The first-order chi connectivity index (χ1) is 10.6. The van der Waals surface area contributed by atoms with Gasteiger partial charge in [-0.25, -0.2) is 0 Å². The van der Waals surface area contributed by atoms with Gasteiger partial charge in [0, 0.05) is 28.6 Å². The number of nitrogens with zero attached hydrogens (tertiary/aromatic N) is 1. The van der Waals surface area contributed by atoms with Crippen LogP contribution in [0.15, 0.2) is 47.5 Å². The van der Waals surface area contributed by atoms with Crippen molar-refractivity contribution in [1.29, 1.82) is 0 Å². The number of aliphatic imine (C=N–C) groups is 1. The molecule has 3 nitrogen and oxygen atoms in total. The molecular weight excluding hydrogens is 272 g/mol. The number of benzene rings is 2. The van der Waals surface area contributed by atoms with Gasteiger partial charge in [0.2, 0.25) is 5.78 Å². The molecular formula is C19H16N2O. The zero-order valence-electron chi connectivity index (χ0n) is 12.6. The lowest BCUT2D eigenvalue weighted by molar-refractivity contribution is 0.103. The normalized spacial score (nSPS) is 13.3. The number of aryl methyl sites for hydroxylation is 1. The lowest BCUT2D eigenvalue weighted by atomic mass is 10.0. The van der Waals surface area contributed by atoms with Crippen molar-refractivity contribution in [2.24, 2.45) is 4.99 Å². The predicted octanol–water partition coefficient (Wildman–Crippen LogP) is 4.36. The first-order valence-corrected chi connectivity index (χ1v) is 7.41. The van der Waals surface area contributed by atoms with E-state index in [1.165, 1.54) is 11.1 Å². The summed E-state index contributed by atoms with van der Waals surface area (Å²) < 4.78 is 0. The van der Waals surface area contributed by atoms with Gasteiger partial charge < -0.3 is 4.98 Å². The number of aromatic nitrogens is 1. The summed E-state index contributed by atoms with van der Waals surface area (Å²) in [7, 11) is 0. The molecule has 108 valence electrons. The Morgan fingerprint density at radius 1 is 1.09 bits per heavy atom. The maximum absolute atomic E-state index is 12.7. The van der Waals surface area contributed by atoms with Crippen molar-refractivity contribution < 1.29 is 4.79 Å². The number of nitrogens with one attached hydrogen (secondary N) is 1. The van der Waals surface area contributed by atoms with Crippen molar-refractivity contribution in [2.45, 2.75) is 20.3 Å². The molecule has 2 heterocycles. The molecule has 0 aliphatic carbocycles. The molecule has 1 aliphatic rings. The zero-order chi connectivity index (χ0) is 15.3. The molecule has 22 heavy (non-hydrogen) atoms. The molecule has 2 aromatic carbocycles. The fourth-order valence-electron chi connectivity index (χ4n) is 3.01. The minimum Gasteiger partial charge on any atom is -0.352 e. The first kappa shape index (κ1) is 13.0. The fourth-order valence-corrected chi connectivity index (χ4v) is 3.01. The number of fused-ring (bicyclic) bond motifs is 2. The molecule has 0 fully saturated rings. The maximum Gasteiger partial charge on any atom is 0.209 e. The van der Waals surface area contributed by atoms with Gasteiger partial charge >= 0.3 is 0 Å². The van der Waals surface area contributed by atoms with E-state index in [0.29, 0.717) is 11.3 Å². The lowest BCUT2D eigenvalue weighted by Gasteiger charge is -2.01. The fraction of sp³-hybridized carbons (Fsp3) is 0.158. The van der Waals surface area contributed by atoms with E-state index < -0.39 is 0 Å². The number of aromatic amines is 1. The Bertz CT molecular complexity index is 947. The Kier molecular flexibility index (Phi) is 2.76. The number of hydrogen-bond donors (Lipinski definition) is 1. The molecule has 1 N–H and O–H groups in total.